The van der Waals surface area contributed by atoms with Crippen molar-refractivity contribution in [3.63, 3.8) is 0 Å². The van der Waals surface area contributed by atoms with E-state index in [1.165, 1.54) is 5.56 Å². The van der Waals surface area contributed by atoms with Crippen molar-refractivity contribution in [2.75, 3.05) is 31.7 Å². The van der Waals surface area contributed by atoms with Gasteiger partial charge in [-0.2, -0.15) is 0 Å². The van der Waals surface area contributed by atoms with Crippen LogP contribution in [0.3, 0.4) is 0 Å². The third kappa shape index (κ3) is 3.22. The fourth-order valence-electron chi connectivity index (χ4n) is 1.80. The SMILES string of the molecule is CCN(CCOC)c1ccc(C)cc1CO. The van der Waals surface area contributed by atoms with Gasteiger partial charge in [-0.25, -0.2) is 0 Å². The van der Waals surface area contributed by atoms with Crippen molar-refractivity contribution in [2.24, 2.45) is 0 Å². The third-order valence-electron chi connectivity index (χ3n) is 2.69. The smallest absolute Gasteiger partial charge is 0.0702 e. The van der Waals surface area contributed by atoms with Gasteiger partial charge in [0.05, 0.1) is 13.2 Å². The van der Waals surface area contributed by atoms with E-state index in [1.54, 1.807) is 7.11 Å². The fraction of sp³-hybridized carbons (Fsp3) is 0.538. The third-order valence-corrected chi connectivity index (χ3v) is 2.69. The quantitative estimate of drug-likeness (QED) is 0.800. The van der Waals surface area contributed by atoms with Crippen LogP contribution in [0.2, 0.25) is 0 Å². The maximum absolute atomic E-state index is 9.35. The summed E-state index contributed by atoms with van der Waals surface area (Å²) in [5, 5.41) is 9.35. The van der Waals surface area contributed by atoms with Gasteiger partial charge in [0.1, 0.15) is 0 Å². The van der Waals surface area contributed by atoms with E-state index < -0.39 is 0 Å². The van der Waals surface area contributed by atoms with E-state index >= 15 is 0 Å². The zero-order chi connectivity index (χ0) is 12.0. The summed E-state index contributed by atoms with van der Waals surface area (Å²) in [5.74, 6) is 0. The van der Waals surface area contributed by atoms with Crippen LogP contribution in [0.4, 0.5) is 5.69 Å². The van der Waals surface area contributed by atoms with Crippen molar-refractivity contribution < 1.29 is 9.84 Å². The molecule has 0 unspecified atom stereocenters. The highest BCUT2D eigenvalue weighted by Crippen LogP contribution is 2.21. The van der Waals surface area contributed by atoms with E-state index in [0.29, 0.717) is 6.61 Å². The number of hydrogen-bond acceptors (Lipinski definition) is 3. The minimum absolute atomic E-state index is 0.0838. The van der Waals surface area contributed by atoms with Gasteiger partial charge in [-0.05, 0) is 19.9 Å². The molecule has 3 heteroatoms. The molecule has 0 aliphatic carbocycles. The Labute approximate surface area is 97.7 Å². The second-order valence-corrected chi connectivity index (χ2v) is 3.86. The normalized spacial score (nSPS) is 10.5. The number of likely N-dealkylation sites (N-methyl/N-ethyl adjacent to an activating group) is 1. The Hall–Kier alpha value is -1.06. The highest BCUT2D eigenvalue weighted by Gasteiger charge is 2.08. The number of anilines is 1. The van der Waals surface area contributed by atoms with Gasteiger partial charge in [0.2, 0.25) is 0 Å². The van der Waals surface area contributed by atoms with Crippen molar-refractivity contribution in [2.45, 2.75) is 20.5 Å². The largest absolute Gasteiger partial charge is 0.392 e. The highest BCUT2D eigenvalue weighted by molar-refractivity contribution is 5.54. The summed E-state index contributed by atoms with van der Waals surface area (Å²) in [5.41, 5.74) is 3.26. The van der Waals surface area contributed by atoms with Crippen LogP contribution < -0.4 is 4.90 Å². The lowest BCUT2D eigenvalue weighted by Crippen LogP contribution is -2.27. The topological polar surface area (TPSA) is 32.7 Å². The molecule has 16 heavy (non-hydrogen) atoms. The molecular weight excluding hydrogens is 202 g/mol. The molecule has 90 valence electrons. The first-order chi connectivity index (χ1) is 7.72. The molecule has 0 saturated heterocycles. The number of benzene rings is 1. The van der Waals surface area contributed by atoms with E-state index in [4.69, 9.17) is 4.74 Å². The Balaban J connectivity index is 2.90. The number of hydrogen-bond donors (Lipinski definition) is 1. The lowest BCUT2D eigenvalue weighted by Gasteiger charge is -2.25. The summed E-state index contributed by atoms with van der Waals surface area (Å²) < 4.78 is 5.09. The molecule has 0 aromatic heterocycles. The first-order valence-electron chi connectivity index (χ1n) is 5.67. The number of aliphatic hydroxyl groups is 1. The lowest BCUT2D eigenvalue weighted by atomic mass is 10.1. The van der Waals surface area contributed by atoms with Gasteiger partial charge >= 0.3 is 0 Å². The minimum Gasteiger partial charge on any atom is -0.392 e. The summed E-state index contributed by atoms with van der Waals surface area (Å²) in [4.78, 5) is 2.22. The summed E-state index contributed by atoms with van der Waals surface area (Å²) in [6, 6.07) is 6.18. The van der Waals surface area contributed by atoms with Crippen LogP contribution in [0.15, 0.2) is 18.2 Å². The lowest BCUT2D eigenvalue weighted by molar-refractivity contribution is 0.205. The van der Waals surface area contributed by atoms with Crippen molar-refractivity contribution >= 4 is 5.69 Å². The number of methoxy groups -OCH3 is 1. The Bertz CT molecular complexity index is 326. The van der Waals surface area contributed by atoms with Crippen molar-refractivity contribution in [1.29, 1.82) is 0 Å². The van der Waals surface area contributed by atoms with E-state index in [9.17, 15) is 5.11 Å². The van der Waals surface area contributed by atoms with Gasteiger partial charge in [0.25, 0.3) is 0 Å². The molecule has 0 heterocycles. The zero-order valence-corrected chi connectivity index (χ0v) is 10.4. The van der Waals surface area contributed by atoms with E-state index in [1.807, 2.05) is 13.0 Å². The van der Waals surface area contributed by atoms with Crippen molar-refractivity contribution in [1.82, 2.24) is 0 Å². The standard InChI is InChI=1S/C13H21NO2/c1-4-14(7-8-16-3)13-6-5-11(2)9-12(13)10-15/h5-6,9,15H,4,7-8,10H2,1-3H3. The average Bonchev–Trinajstić information content (AvgIpc) is 2.31. The molecule has 1 rings (SSSR count). The molecule has 0 aliphatic rings. The maximum atomic E-state index is 9.35. The van der Waals surface area contributed by atoms with Crippen LogP contribution in [0, 0.1) is 6.92 Å². The van der Waals surface area contributed by atoms with Crippen LogP contribution >= 0.6 is 0 Å². The first-order valence-corrected chi connectivity index (χ1v) is 5.67. The Kier molecular flexibility index (Phi) is 5.29. The van der Waals surface area contributed by atoms with Gasteiger partial charge in [-0.1, -0.05) is 17.7 Å². The molecule has 0 radical (unpaired) electrons. The molecule has 0 fully saturated rings. The molecule has 0 spiro atoms. The predicted molar refractivity (Wildman–Crippen MR) is 66.9 cm³/mol. The summed E-state index contributed by atoms with van der Waals surface area (Å²) in [6.45, 7) is 6.70. The van der Waals surface area contributed by atoms with Crippen LogP contribution in [0.5, 0.6) is 0 Å². The first kappa shape index (κ1) is 13.0. The summed E-state index contributed by atoms with van der Waals surface area (Å²) >= 11 is 0. The Morgan fingerprint density at radius 3 is 2.69 bits per heavy atom. The average molecular weight is 223 g/mol. The second kappa shape index (κ2) is 6.51. The van der Waals surface area contributed by atoms with Gasteiger partial charge in [-0.15, -0.1) is 0 Å². The number of rotatable bonds is 6. The molecule has 0 bridgehead atoms. The Morgan fingerprint density at radius 2 is 2.12 bits per heavy atom. The van der Waals surface area contributed by atoms with Gasteiger partial charge in [0, 0.05) is 31.5 Å². The highest BCUT2D eigenvalue weighted by atomic mass is 16.5. The van der Waals surface area contributed by atoms with Crippen LogP contribution in [0.1, 0.15) is 18.1 Å². The maximum Gasteiger partial charge on any atom is 0.0702 e. The molecule has 1 aromatic rings. The molecule has 1 N–H and O–H groups in total. The summed E-state index contributed by atoms with van der Waals surface area (Å²) in [6.07, 6.45) is 0. The molecule has 0 saturated carbocycles. The van der Waals surface area contributed by atoms with E-state index in [2.05, 4.69) is 24.0 Å². The molecular formula is C13H21NO2. The molecule has 0 aliphatic heterocycles. The Morgan fingerprint density at radius 1 is 1.38 bits per heavy atom. The van der Waals surface area contributed by atoms with Crippen LogP contribution in [0.25, 0.3) is 0 Å². The number of nitrogens with zero attached hydrogens (tertiary/aromatic N) is 1. The monoisotopic (exact) mass is 223 g/mol. The van der Waals surface area contributed by atoms with Crippen LogP contribution in [-0.4, -0.2) is 31.9 Å². The van der Waals surface area contributed by atoms with Gasteiger partial charge < -0.3 is 14.7 Å². The number of aliphatic hydroxyl groups excluding tert-OH is 1. The molecule has 1 aromatic carbocycles. The minimum atomic E-state index is 0.0838. The fourth-order valence-corrected chi connectivity index (χ4v) is 1.80. The number of aryl methyl sites for hydroxylation is 1. The van der Waals surface area contributed by atoms with E-state index in [-0.39, 0.29) is 6.61 Å². The number of ether oxygens (including phenoxy) is 1. The second-order valence-electron chi connectivity index (χ2n) is 3.86. The molecule has 0 amide bonds. The predicted octanol–water partition coefficient (Wildman–Crippen LogP) is 1.96. The summed E-state index contributed by atoms with van der Waals surface area (Å²) in [7, 11) is 1.70. The molecule has 0 atom stereocenters. The van der Waals surface area contributed by atoms with Gasteiger partial charge in [-0.3, -0.25) is 0 Å². The zero-order valence-electron chi connectivity index (χ0n) is 10.4. The van der Waals surface area contributed by atoms with Gasteiger partial charge in [0.15, 0.2) is 0 Å². The van der Waals surface area contributed by atoms with Crippen molar-refractivity contribution in [3.8, 4) is 0 Å². The van der Waals surface area contributed by atoms with Crippen LogP contribution in [-0.2, 0) is 11.3 Å². The molecule has 3 nitrogen and oxygen atoms in total. The van der Waals surface area contributed by atoms with Crippen molar-refractivity contribution in [3.05, 3.63) is 29.3 Å². The van der Waals surface area contributed by atoms with E-state index in [0.717, 1.165) is 24.3 Å².